The summed E-state index contributed by atoms with van der Waals surface area (Å²) in [6.45, 7) is 0. The fourth-order valence-electron chi connectivity index (χ4n) is 0.486. The summed E-state index contributed by atoms with van der Waals surface area (Å²) in [5, 5.41) is 3.90. The minimum absolute atomic E-state index is 1.75. The second-order valence-corrected chi connectivity index (χ2v) is 2.87. The molecule has 0 aliphatic heterocycles. The topological polar surface area (TPSA) is 99.1 Å². The Hall–Kier alpha value is -0.990. The van der Waals surface area contributed by atoms with Crippen molar-refractivity contribution in [2.24, 2.45) is 14.1 Å². The molecule has 1 rings (SSSR count). The van der Waals surface area contributed by atoms with Gasteiger partial charge in [-0.3, -0.25) is 4.55 Å². The molecule has 1 N–H and O–H groups in total. The van der Waals surface area contributed by atoms with Crippen LogP contribution in [0, 0.1) is 0 Å². The minimum Gasteiger partial charge on any atom is -0.726 e. The molecule has 0 aliphatic carbocycles. The predicted molar refractivity (Wildman–Crippen MR) is 36.7 cm³/mol. The third-order valence-corrected chi connectivity index (χ3v) is 0.765. The molecular formula is C4H9N3O4S. The van der Waals surface area contributed by atoms with Crippen molar-refractivity contribution in [1.29, 1.82) is 0 Å². The summed E-state index contributed by atoms with van der Waals surface area (Å²) >= 11 is 0. The molecule has 0 radical (unpaired) electrons. The van der Waals surface area contributed by atoms with Crippen LogP contribution in [0.5, 0.6) is 0 Å². The third kappa shape index (κ3) is 9.01. The Labute approximate surface area is 69.8 Å². The number of aromatic nitrogens is 3. The standard InChI is InChI=1S/C4H8N3.H2O4S/c1-6-3-5-7(2)4-6;1-5(2,3)4/h3-4H,1-2H3;(H2,1,2,3,4)/q+1;/p-1. The smallest absolute Gasteiger partial charge is 0.264 e. The number of rotatable bonds is 0. The van der Waals surface area contributed by atoms with E-state index in [0.717, 1.165) is 0 Å². The summed E-state index contributed by atoms with van der Waals surface area (Å²) in [6, 6.07) is 0. The van der Waals surface area contributed by atoms with Crippen molar-refractivity contribution in [3.05, 3.63) is 12.7 Å². The lowest BCUT2D eigenvalue weighted by Crippen LogP contribution is -2.23. The van der Waals surface area contributed by atoms with Crippen LogP contribution >= 0.6 is 0 Å². The summed E-state index contributed by atoms with van der Waals surface area (Å²) in [5.41, 5.74) is 0. The van der Waals surface area contributed by atoms with Gasteiger partial charge in [0.1, 0.15) is 0 Å². The molecule has 0 amide bonds. The van der Waals surface area contributed by atoms with Crippen LogP contribution in [0.4, 0.5) is 0 Å². The summed E-state index contributed by atoms with van der Waals surface area (Å²) in [6.07, 6.45) is 3.64. The molecular weight excluding hydrogens is 186 g/mol. The second-order valence-electron chi connectivity index (χ2n) is 2.01. The Morgan fingerprint density at radius 3 is 2.17 bits per heavy atom. The van der Waals surface area contributed by atoms with Crippen LogP contribution in [0.2, 0.25) is 0 Å². The van der Waals surface area contributed by atoms with Crippen molar-refractivity contribution in [3.8, 4) is 0 Å². The highest BCUT2D eigenvalue weighted by atomic mass is 32.3. The molecule has 0 fully saturated rings. The Morgan fingerprint density at radius 2 is 2.08 bits per heavy atom. The van der Waals surface area contributed by atoms with E-state index < -0.39 is 10.4 Å². The molecule has 1 aromatic heterocycles. The number of nitrogens with zero attached hydrogens (tertiary/aromatic N) is 3. The molecule has 0 aliphatic rings. The van der Waals surface area contributed by atoms with Crippen molar-refractivity contribution in [2.75, 3.05) is 0 Å². The lowest BCUT2D eigenvalue weighted by atomic mass is 11.1. The van der Waals surface area contributed by atoms with Gasteiger partial charge in [-0.15, -0.1) is 4.68 Å². The van der Waals surface area contributed by atoms with Gasteiger partial charge in [-0.2, -0.15) is 0 Å². The fraction of sp³-hybridized carbons (Fsp3) is 0.500. The van der Waals surface area contributed by atoms with E-state index in [1.165, 1.54) is 0 Å². The summed E-state index contributed by atoms with van der Waals surface area (Å²) in [7, 11) is -1.09. The first-order valence-corrected chi connectivity index (χ1v) is 4.17. The molecule has 0 bridgehead atoms. The van der Waals surface area contributed by atoms with Gasteiger partial charge in [-0.05, 0) is 0 Å². The van der Waals surface area contributed by atoms with Gasteiger partial charge in [0.15, 0.2) is 0 Å². The van der Waals surface area contributed by atoms with E-state index in [2.05, 4.69) is 5.10 Å². The van der Waals surface area contributed by atoms with E-state index >= 15 is 0 Å². The van der Waals surface area contributed by atoms with Crippen molar-refractivity contribution < 1.29 is 22.1 Å². The zero-order chi connectivity index (χ0) is 9.78. The first-order valence-electron chi connectivity index (χ1n) is 2.81. The van der Waals surface area contributed by atoms with Gasteiger partial charge in [0.25, 0.3) is 6.33 Å². The molecule has 1 aromatic rings. The molecule has 1 heterocycles. The highest BCUT2D eigenvalue weighted by molar-refractivity contribution is 7.79. The van der Waals surface area contributed by atoms with Gasteiger partial charge in [0.2, 0.25) is 16.7 Å². The van der Waals surface area contributed by atoms with E-state index in [-0.39, 0.29) is 0 Å². The van der Waals surface area contributed by atoms with Crippen LogP contribution in [-0.2, 0) is 24.5 Å². The van der Waals surface area contributed by atoms with Gasteiger partial charge >= 0.3 is 0 Å². The average molecular weight is 195 g/mol. The molecule has 0 spiro atoms. The van der Waals surface area contributed by atoms with Crippen LogP contribution in [0.15, 0.2) is 12.7 Å². The van der Waals surface area contributed by atoms with E-state index in [0.29, 0.717) is 0 Å². The SMILES string of the molecule is Cn1c[n+](C)cn1.O=S(=O)([O-])O. The minimum atomic E-state index is -4.92. The molecule has 70 valence electrons. The lowest BCUT2D eigenvalue weighted by molar-refractivity contribution is -0.672. The van der Waals surface area contributed by atoms with Gasteiger partial charge < -0.3 is 4.55 Å². The molecule has 8 heteroatoms. The summed E-state index contributed by atoms with van der Waals surface area (Å²) < 4.78 is 36.5. The fourth-order valence-corrected chi connectivity index (χ4v) is 0.486. The second kappa shape index (κ2) is 4.14. The Kier molecular flexibility index (Phi) is 3.80. The average Bonchev–Trinajstić information content (AvgIpc) is 2.09. The third-order valence-electron chi connectivity index (χ3n) is 0.765. The zero-order valence-electron chi connectivity index (χ0n) is 6.58. The maximum absolute atomic E-state index is 8.63. The zero-order valence-corrected chi connectivity index (χ0v) is 7.39. The highest BCUT2D eigenvalue weighted by Gasteiger charge is 1.90. The van der Waals surface area contributed by atoms with Gasteiger partial charge in [-0.25, -0.2) is 13.0 Å². The Morgan fingerprint density at radius 1 is 1.67 bits per heavy atom. The predicted octanol–water partition coefficient (Wildman–Crippen LogP) is -1.75. The number of hydrogen-bond donors (Lipinski definition) is 1. The number of aryl methyl sites for hydroxylation is 2. The molecule has 0 atom stereocenters. The normalized spacial score (nSPS) is 10.3. The van der Waals surface area contributed by atoms with Crippen LogP contribution < -0.4 is 4.57 Å². The van der Waals surface area contributed by atoms with Crippen molar-refractivity contribution in [2.45, 2.75) is 0 Å². The van der Waals surface area contributed by atoms with E-state index in [4.69, 9.17) is 17.5 Å². The van der Waals surface area contributed by atoms with Crippen molar-refractivity contribution in [1.82, 2.24) is 9.78 Å². The van der Waals surface area contributed by atoms with Gasteiger partial charge in [0.05, 0.1) is 14.1 Å². The molecule has 12 heavy (non-hydrogen) atoms. The Balaban J connectivity index is 0.000000217. The quantitative estimate of drug-likeness (QED) is 0.300. The lowest BCUT2D eigenvalue weighted by Gasteiger charge is -1.88. The van der Waals surface area contributed by atoms with Crippen LogP contribution in [0.1, 0.15) is 0 Å². The largest absolute Gasteiger partial charge is 0.726 e. The van der Waals surface area contributed by atoms with Crippen molar-refractivity contribution in [3.63, 3.8) is 0 Å². The van der Waals surface area contributed by atoms with Crippen molar-refractivity contribution >= 4 is 10.4 Å². The molecule has 0 saturated carbocycles. The van der Waals surface area contributed by atoms with E-state index in [9.17, 15) is 0 Å². The van der Waals surface area contributed by atoms with E-state index in [1.807, 2.05) is 25.0 Å². The van der Waals surface area contributed by atoms with Gasteiger partial charge in [-0.1, -0.05) is 0 Å². The molecule has 0 saturated heterocycles. The highest BCUT2D eigenvalue weighted by Crippen LogP contribution is 1.62. The first-order chi connectivity index (χ1) is 5.29. The maximum atomic E-state index is 8.63. The molecule has 0 aromatic carbocycles. The van der Waals surface area contributed by atoms with Crippen LogP contribution in [0.25, 0.3) is 0 Å². The van der Waals surface area contributed by atoms with Gasteiger partial charge in [0, 0.05) is 5.10 Å². The summed E-state index contributed by atoms with van der Waals surface area (Å²) in [4.78, 5) is 0. The van der Waals surface area contributed by atoms with Crippen LogP contribution in [-0.4, -0.2) is 27.3 Å². The Bertz CT molecular complexity index is 305. The monoisotopic (exact) mass is 195 g/mol. The maximum Gasteiger partial charge on any atom is 0.264 e. The van der Waals surface area contributed by atoms with Crippen LogP contribution in [0.3, 0.4) is 0 Å². The number of hydrogen-bond acceptors (Lipinski definition) is 4. The molecule has 0 unspecified atom stereocenters. The first kappa shape index (κ1) is 11.0. The van der Waals surface area contributed by atoms with E-state index in [1.54, 1.807) is 11.0 Å². The summed E-state index contributed by atoms with van der Waals surface area (Å²) in [5.74, 6) is 0. The molecule has 7 nitrogen and oxygen atoms in total.